The number of pyridine rings is 1. The molecule has 1 N–H and O–H groups in total. The first-order valence-corrected chi connectivity index (χ1v) is 8.50. The van der Waals surface area contributed by atoms with Gasteiger partial charge in [-0.15, -0.1) is 0 Å². The summed E-state index contributed by atoms with van der Waals surface area (Å²) in [5.74, 6) is 0.728. The van der Waals surface area contributed by atoms with E-state index in [0.717, 1.165) is 23.5 Å². The topological polar surface area (TPSA) is 72.3 Å². The van der Waals surface area contributed by atoms with Crippen molar-refractivity contribution in [3.63, 3.8) is 0 Å². The maximum absolute atomic E-state index is 12.5. The maximum Gasteiger partial charge on any atom is 0.321 e. The predicted octanol–water partition coefficient (Wildman–Crippen LogP) is 2.95. The summed E-state index contributed by atoms with van der Waals surface area (Å²) in [5.41, 5.74) is 1.63. The molecule has 1 fully saturated rings. The van der Waals surface area contributed by atoms with Crippen LogP contribution in [0.2, 0.25) is 0 Å². The Morgan fingerprint density at radius 1 is 1.19 bits per heavy atom. The standard InChI is InChI=1S/C19H19N5O2/c25-19(22-15-4-1-5-16(12-15)24-10-3-9-21-24)23-11-7-18(14-23)26-17-6-2-8-20-13-17/h1-6,8-10,12-13,18H,7,11,14H2,(H,22,25). The fourth-order valence-electron chi connectivity index (χ4n) is 2.97. The number of benzene rings is 1. The van der Waals surface area contributed by atoms with Crippen molar-refractivity contribution in [3.05, 3.63) is 67.3 Å². The Labute approximate surface area is 151 Å². The Hall–Kier alpha value is -3.35. The third kappa shape index (κ3) is 3.66. The average Bonchev–Trinajstić information content (AvgIpc) is 3.35. The molecule has 1 saturated heterocycles. The van der Waals surface area contributed by atoms with E-state index < -0.39 is 0 Å². The van der Waals surface area contributed by atoms with Crippen LogP contribution in [0.5, 0.6) is 5.75 Å². The summed E-state index contributed by atoms with van der Waals surface area (Å²) in [4.78, 5) is 18.3. The number of hydrogen-bond donors (Lipinski definition) is 1. The number of carbonyl (C=O) groups excluding carboxylic acids is 1. The van der Waals surface area contributed by atoms with E-state index in [2.05, 4.69) is 15.4 Å². The summed E-state index contributed by atoms with van der Waals surface area (Å²) >= 11 is 0. The van der Waals surface area contributed by atoms with Crippen molar-refractivity contribution in [3.8, 4) is 11.4 Å². The van der Waals surface area contributed by atoms with Crippen LogP contribution in [0.25, 0.3) is 5.69 Å². The van der Waals surface area contributed by atoms with E-state index >= 15 is 0 Å². The first kappa shape index (κ1) is 16.1. The van der Waals surface area contributed by atoms with Crippen molar-refractivity contribution in [2.75, 3.05) is 18.4 Å². The molecular weight excluding hydrogens is 330 g/mol. The first-order chi connectivity index (χ1) is 12.8. The molecule has 3 heterocycles. The second kappa shape index (κ2) is 7.26. The van der Waals surface area contributed by atoms with E-state index in [1.54, 1.807) is 28.2 Å². The van der Waals surface area contributed by atoms with Crippen LogP contribution in [0.4, 0.5) is 10.5 Å². The molecule has 2 aromatic heterocycles. The molecule has 1 unspecified atom stereocenters. The van der Waals surface area contributed by atoms with Gasteiger partial charge < -0.3 is 15.0 Å². The molecule has 0 bridgehead atoms. The lowest BCUT2D eigenvalue weighted by molar-refractivity contribution is 0.194. The van der Waals surface area contributed by atoms with Gasteiger partial charge in [0.2, 0.25) is 0 Å². The summed E-state index contributed by atoms with van der Waals surface area (Å²) in [6.07, 6.45) is 7.76. The molecule has 2 amide bonds. The van der Waals surface area contributed by atoms with Crippen molar-refractivity contribution in [2.24, 2.45) is 0 Å². The van der Waals surface area contributed by atoms with Crippen molar-refractivity contribution in [1.29, 1.82) is 0 Å². The van der Waals surface area contributed by atoms with Crippen molar-refractivity contribution in [1.82, 2.24) is 19.7 Å². The van der Waals surface area contributed by atoms with Gasteiger partial charge in [0.05, 0.1) is 18.4 Å². The Kier molecular flexibility index (Phi) is 4.51. The second-order valence-corrected chi connectivity index (χ2v) is 6.09. The van der Waals surface area contributed by atoms with Gasteiger partial charge in [0.1, 0.15) is 11.9 Å². The minimum Gasteiger partial charge on any atom is -0.487 e. The van der Waals surface area contributed by atoms with Crippen LogP contribution in [0.15, 0.2) is 67.3 Å². The van der Waals surface area contributed by atoms with Gasteiger partial charge in [-0.2, -0.15) is 5.10 Å². The molecule has 0 aliphatic carbocycles. The van der Waals surface area contributed by atoms with Crippen LogP contribution < -0.4 is 10.1 Å². The maximum atomic E-state index is 12.5. The molecule has 0 radical (unpaired) electrons. The molecular formula is C19H19N5O2. The Morgan fingerprint density at radius 2 is 2.15 bits per heavy atom. The average molecular weight is 349 g/mol. The van der Waals surface area contributed by atoms with Gasteiger partial charge in [-0.1, -0.05) is 6.07 Å². The van der Waals surface area contributed by atoms with Crippen LogP contribution >= 0.6 is 0 Å². The number of urea groups is 1. The smallest absolute Gasteiger partial charge is 0.321 e. The SMILES string of the molecule is O=C(Nc1cccc(-n2cccn2)c1)N1CCC(Oc2cccnc2)C1. The van der Waals surface area contributed by atoms with Gasteiger partial charge in [0.15, 0.2) is 0 Å². The number of anilines is 1. The Morgan fingerprint density at radius 3 is 2.96 bits per heavy atom. The van der Waals surface area contributed by atoms with Gasteiger partial charge in [0, 0.05) is 37.2 Å². The van der Waals surface area contributed by atoms with Gasteiger partial charge in [-0.05, 0) is 36.4 Å². The molecule has 132 valence electrons. The largest absolute Gasteiger partial charge is 0.487 e. The summed E-state index contributed by atoms with van der Waals surface area (Å²) in [6.45, 7) is 1.22. The van der Waals surface area contributed by atoms with Crippen LogP contribution in [0.1, 0.15) is 6.42 Å². The van der Waals surface area contributed by atoms with E-state index in [-0.39, 0.29) is 12.1 Å². The fourth-order valence-corrected chi connectivity index (χ4v) is 2.97. The zero-order valence-corrected chi connectivity index (χ0v) is 14.2. The molecule has 26 heavy (non-hydrogen) atoms. The highest BCUT2D eigenvalue weighted by atomic mass is 16.5. The molecule has 3 aromatic rings. The normalized spacial score (nSPS) is 16.5. The highest BCUT2D eigenvalue weighted by Gasteiger charge is 2.27. The second-order valence-electron chi connectivity index (χ2n) is 6.09. The number of ether oxygens (including phenoxy) is 1. The van der Waals surface area contributed by atoms with E-state index in [0.29, 0.717) is 13.1 Å². The number of nitrogens with zero attached hydrogens (tertiary/aromatic N) is 4. The van der Waals surface area contributed by atoms with Crippen molar-refractivity contribution >= 4 is 11.7 Å². The molecule has 7 nitrogen and oxygen atoms in total. The minimum atomic E-state index is -0.125. The summed E-state index contributed by atoms with van der Waals surface area (Å²) in [5, 5.41) is 7.15. The number of hydrogen-bond acceptors (Lipinski definition) is 4. The monoisotopic (exact) mass is 349 g/mol. The predicted molar refractivity (Wildman–Crippen MR) is 97.4 cm³/mol. The number of carbonyl (C=O) groups is 1. The minimum absolute atomic E-state index is 0.0136. The molecule has 1 atom stereocenters. The molecule has 1 aliphatic heterocycles. The lowest BCUT2D eigenvalue weighted by atomic mass is 10.3. The Balaban J connectivity index is 1.36. The van der Waals surface area contributed by atoms with Gasteiger partial charge >= 0.3 is 6.03 Å². The van der Waals surface area contributed by atoms with E-state index in [1.807, 2.05) is 48.7 Å². The highest BCUT2D eigenvalue weighted by molar-refractivity contribution is 5.89. The third-order valence-corrected chi connectivity index (χ3v) is 4.24. The molecule has 0 saturated carbocycles. The number of rotatable bonds is 4. The van der Waals surface area contributed by atoms with Crippen LogP contribution in [0, 0.1) is 0 Å². The fraction of sp³-hybridized carbons (Fsp3) is 0.211. The lowest BCUT2D eigenvalue weighted by Gasteiger charge is -2.18. The van der Waals surface area contributed by atoms with E-state index in [9.17, 15) is 4.79 Å². The number of likely N-dealkylation sites (tertiary alicyclic amines) is 1. The molecule has 4 rings (SSSR count). The van der Waals surface area contributed by atoms with E-state index in [1.165, 1.54) is 0 Å². The van der Waals surface area contributed by atoms with Crippen molar-refractivity contribution < 1.29 is 9.53 Å². The van der Waals surface area contributed by atoms with Crippen molar-refractivity contribution in [2.45, 2.75) is 12.5 Å². The van der Waals surface area contributed by atoms with Crippen LogP contribution in [-0.2, 0) is 0 Å². The van der Waals surface area contributed by atoms with E-state index in [4.69, 9.17) is 4.74 Å². The van der Waals surface area contributed by atoms with Crippen LogP contribution in [0.3, 0.4) is 0 Å². The third-order valence-electron chi connectivity index (χ3n) is 4.24. The van der Waals surface area contributed by atoms with Gasteiger partial charge in [-0.3, -0.25) is 4.98 Å². The first-order valence-electron chi connectivity index (χ1n) is 8.50. The lowest BCUT2D eigenvalue weighted by Crippen LogP contribution is -2.34. The summed E-state index contributed by atoms with van der Waals surface area (Å²) in [6, 6.07) is 13.0. The van der Waals surface area contributed by atoms with Crippen LogP contribution in [-0.4, -0.2) is 44.9 Å². The summed E-state index contributed by atoms with van der Waals surface area (Å²) in [7, 11) is 0. The number of nitrogens with one attached hydrogen (secondary N) is 1. The zero-order valence-electron chi connectivity index (χ0n) is 14.2. The Bertz CT molecular complexity index is 867. The summed E-state index contributed by atoms with van der Waals surface area (Å²) < 4.78 is 7.63. The number of amides is 2. The molecule has 0 spiro atoms. The highest BCUT2D eigenvalue weighted by Crippen LogP contribution is 2.19. The van der Waals surface area contributed by atoms with Gasteiger partial charge in [0.25, 0.3) is 0 Å². The number of aromatic nitrogens is 3. The quantitative estimate of drug-likeness (QED) is 0.786. The van der Waals surface area contributed by atoms with Gasteiger partial charge in [-0.25, -0.2) is 9.48 Å². The molecule has 1 aromatic carbocycles. The molecule has 7 heteroatoms. The zero-order chi connectivity index (χ0) is 17.8. The molecule has 1 aliphatic rings.